The van der Waals surface area contributed by atoms with Crippen LogP contribution in [-0.4, -0.2) is 24.8 Å². The molecule has 2 heterocycles. The molecule has 0 spiro atoms. The molecule has 1 aromatic carbocycles. The number of rotatable bonds is 4. The van der Waals surface area contributed by atoms with Crippen LogP contribution in [0, 0.1) is 0 Å². The summed E-state index contributed by atoms with van der Waals surface area (Å²) in [7, 11) is 2.99. The summed E-state index contributed by atoms with van der Waals surface area (Å²) in [6.45, 7) is 1.12. The summed E-state index contributed by atoms with van der Waals surface area (Å²) in [5.41, 5.74) is 3.50. The normalized spacial score (nSPS) is 13.0. The number of carbonyl (C=O) groups excluding carboxylic acids is 1. The number of benzene rings is 1. The number of carbonyl (C=O) groups is 1. The maximum atomic E-state index is 12.8. The van der Waals surface area contributed by atoms with E-state index >= 15 is 0 Å². The highest BCUT2D eigenvalue weighted by molar-refractivity contribution is 5.92. The first-order valence-corrected chi connectivity index (χ1v) is 7.59. The number of ether oxygens (including phenoxy) is 2. The van der Waals surface area contributed by atoms with Gasteiger partial charge in [-0.2, -0.15) is 0 Å². The Morgan fingerprint density at radius 2 is 2.09 bits per heavy atom. The van der Waals surface area contributed by atoms with E-state index in [0.717, 1.165) is 29.7 Å². The third kappa shape index (κ3) is 2.80. The topological polar surface area (TPSA) is 57.5 Å². The summed E-state index contributed by atoms with van der Waals surface area (Å²) < 4.78 is 11.7. The van der Waals surface area contributed by atoms with Crippen molar-refractivity contribution < 1.29 is 14.3 Å². The molecule has 0 fully saturated rings. The van der Waals surface area contributed by atoms with Gasteiger partial charge in [-0.3, -0.25) is 4.79 Å². The Bertz CT molecular complexity index is 807. The second-order valence-electron chi connectivity index (χ2n) is 5.60. The zero-order valence-corrected chi connectivity index (χ0v) is 13.3. The van der Waals surface area contributed by atoms with E-state index in [1.807, 2.05) is 24.3 Å². The monoisotopic (exact) mass is 313 g/mol. The predicted octanol–water partition coefficient (Wildman–Crippen LogP) is 2.39. The average Bonchev–Trinajstić information content (AvgIpc) is 3.05. The molecule has 0 saturated heterocycles. The molecular formula is C18H19NO4. The molecule has 0 atom stereocenters. The van der Waals surface area contributed by atoms with Gasteiger partial charge in [0, 0.05) is 24.9 Å². The molecule has 1 aliphatic heterocycles. The van der Waals surface area contributed by atoms with Gasteiger partial charge in [0.2, 0.25) is 0 Å². The first-order valence-electron chi connectivity index (χ1n) is 7.59. The number of hydrogen-bond donors (Lipinski definition) is 0. The first-order chi connectivity index (χ1) is 11.2. The molecule has 0 bridgehead atoms. The summed E-state index contributed by atoms with van der Waals surface area (Å²) in [5, 5.41) is 0. The lowest BCUT2D eigenvalue weighted by Gasteiger charge is -2.12. The fourth-order valence-electron chi connectivity index (χ4n) is 3.10. The minimum atomic E-state index is -0.398. The molecule has 5 nitrogen and oxygen atoms in total. The van der Waals surface area contributed by atoms with Crippen LogP contribution in [0.4, 0.5) is 0 Å². The quantitative estimate of drug-likeness (QED) is 0.813. The summed E-state index contributed by atoms with van der Waals surface area (Å²) in [6.07, 6.45) is 1.59. The van der Waals surface area contributed by atoms with Crippen LogP contribution < -0.4 is 5.56 Å². The fourth-order valence-corrected chi connectivity index (χ4v) is 3.10. The van der Waals surface area contributed by atoms with Crippen molar-refractivity contribution in [3.63, 3.8) is 0 Å². The highest BCUT2D eigenvalue weighted by atomic mass is 16.5. The lowest BCUT2D eigenvalue weighted by molar-refractivity contribution is 0.0598. The average molecular weight is 313 g/mol. The van der Waals surface area contributed by atoms with Crippen molar-refractivity contribution in [2.45, 2.75) is 26.0 Å². The Morgan fingerprint density at radius 1 is 1.26 bits per heavy atom. The maximum Gasteiger partial charge on any atom is 0.339 e. The van der Waals surface area contributed by atoms with Gasteiger partial charge in [-0.1, -0.05) is 18.2 Å². The highest BCUT2D eigenvalue weighted by Crippen LogP contribution is 2.24. The maximum absolute atomic E-state index is 12.8. The summed E-state index contributed by atoms with van der Waals surface area (Å²) in [5.74, 6) is -0.398. The zero-order chi connectivity index (χ0) is 16.4. The van der Waals surface area contributed by atoms with Gasteiger partial charge in [-0.05, 0) is 36.1 Å². The van der Waals surface area contributed by atoms with E-state index in [1.54, 1.807) is 17.7 Å². The molecule has 3 rings (SSSR count). The molecule has 0 aliphatic carbocycles. The van der Waals surface area contributed by atoms with Crippen molar-refractivity contribution >= 4 is 5.97 Å². The fraction of sp³-hybridized carbons (Fsp3) is 0.333. The molecule has 0 N–H and O–H groups in total. The van der Waals surface area contributed by atoms with Crippen LogP contribution in [0.15, 0.2) is 35.1 Å². The van der Waals surface area contributed by atoms with Crippen molar-refractivity contribution in [3.05, 3.63) is 57.5 Å². The molecule has 0 saturated carbocycles. The van der Waals surface area contributed by atoms with Gasteiger partial charge in [-0.15, -0.1) is 0 Å². The van der Waals surface area contributed by atoms with Gasteiger partial charge in [0.1, 0.15) is 0 Å². The SMILES string of the molecule is COCc1cccc(-c2cc(C(=O)OC)c3n(c2=O)CCC3)c1. The van der Waals surface area contributed by atoms with E-state index in [4.69, 9.17) is 9.47 Å². The van der Waals surface area contributed by atoms with Crippen LogP contribution >= 0.6 is 0 Å². The second kappa shape index (κ2) is 6.38. The third-order valence-corrected chi connectivity index (χ3v) is 4.15. The van der Waals surface area contributed by atoms with Gasteiger partial charge < -0.3 is 14.0 Å². The van der Waals surface area contributed by atoms with Crippen LogP contribution in [0.3, 0.4) is 0 Å². The van der Waals surface area contributed by atoms with Crippen LogP contribution in [0.2, 0.25) is 0 Å². The van der Waals surface area contributed by atoms with Gasteiger partial charge in [0.05, 0.1) is 19.3 Å². The number of fused-ring (bicyclic) bond motifs is 1. The molecule has 120 valence electrons. The van der Waals surface area contributed by atoms with Crippen molar-refractivity contribution in [2.24, 2.45) is 0 Å². The van der Waals surface area contributed by atoms with E-state index in [2.05, 4.69) is 0 Å². The number of nitrogens with zero attached hydrogens (tertiary/aromatic N) is 1. The van der Waals surface area contributed by atoms with E-state index in [0.29, 0.717) is 24.3 Å². The van der Waals surface area contributed by atoms with E-state index in [9.17, 15) is 9.59 Å². The Morgan fingerprint density at radius 3 is 2.83 bits per heavy atom. The molecule has 0 unspecified atom stereocenters. The van der Waals surface area contributed by atoms with Gasteiger partial charge in [-0.25, -0.2) is 4.79 Å². The van der Waals surface area contributed by atoms with Crippen LogP contribution in [0.25, 0.3) is 11.1 Å². The molecule has 23 heavy (non-hydrogen) atoms. The van der Waals surface area contributed by atoms with Crippen molar-refractivity contribution in [1.29, 1.82) is 0 Å². The smallest absolute Gasteiger partial charge is 0.339 e. The van der Waals surface area contributed by atoms with Crippen LogP contribution in [0.1, 0.15) is 28.0 Å². The summed E-state index contributed by atoms with van der Waals surface area (Å²) in [6, 6.07) is 9.29. The number of methoxy groups -OCH3 is 2. The lowest BCUT2D eigenvalue weighted by atomic mass is 10.0. The molecule has 1 aliphatic rings. The zero-order valence-electron chi connectivity index (χ0n) is 13.3. The van der Waals surface area contributed by atoms with Crippen molar-refractivity contribution in [2.75, 3.05) is 14.2 Å². The Hall–Kier alpha value is -2.40. The number of esters is 1. The number of aromatic nitrogens is 1. The minimum absolute atomic E-state index is 0.0558. The van der Waals surface area contributed by atoms with Gasteiger partial charge in [0.25, 0.3) is 5.56 Å². The molecular weight excluding hydrogens is 294 g/mol. The lowest BCUT2D eigenvalue weighted by Crippen LogP contribution is -2.24. The van der Waals surface area contributed by atoms with Crippen LogP contribution in [-0.2, 0) is 29.0 Å². The summed E-state index contributed by atoms with van der Waals surface area (Å²) in [4.78, 5) is 24.9. The molecule has 2 aromatic rings. The van der Waals surface area contributed by atoms with Gasteiger partial charge in [0.15, 0.2) is 0 Å². The predicted molar refractivity (Wildman–Crippen MR) is 86.5 cm³/mol. The number of hydrogen-bond acceptors (Lipinski definition) is 4. The molecule has 5 heteroatoms. The third-order valence-electron chi connectivity index (χ3n) is 4.15. The van der Waals surface area contributed by atoms with Gasteiger partial charge >= 0.3 is 5.97 Å². The van der Waals surface area contributed by atoms with Crippen LogP contribution in [0.5, 0.6) is 0 Å². The molecule has 0 radical (unpaired) electrons. The van der Waals surface area contributed by atoms with Crippen molar-refractivity contribution in [3.8, 4) is 11.1 Å². The Balaban J connectivity index is 2.18. The minimum Gasteiger partial charge on any atom is -0.465 e. The standard InChI is InChI=1S/C18H19NO4/c1-22-11-12-5-3-6-13(9-12)14-10-15(18(21)23-2)16-7-4-8-19(16)17(14)20/h3,5-6,9-10H,4,7-8,11H2,1-2H3. The van der Waals surface area contributed by atoms with E-state index < -0.39 is 5.97 Å². The second-order valence-corrected chi connectivity index (χ2v) is 5.60. The van der Waals surface area contributed by atoms with E-state index in [-0.39, 0.29) is 5.56 Å². The molecule has 0 amide bonds. The Kier molecular flexibility index (Phi) is 4.30. The largest absolute Gasteiger partial charge is 0.465 e. The summed E-state index contributed by atoms with van der Waals surface area (Å²) >= 11 is 0. The Labute approximate surface area is 134 Å². The van der Waals surface area contributed by atoms with Crippen molar-refractivity contribution in [1.82, 2.24) is 4.57 Å². The molecule has 1 aromatic heterocycles. The van der Waals surface area contributed by atoms with E-state index in [1.165, 1.54) is 7.11 Å². The highest BCUT2D eigenvalue weighted by Gasteiger charge is 2.23. The number of pyridine rings is 1. The first kappa shape index (κ1) is 15.5.